The van der Waals surface area contributed by atoms with Gasteiger partial charge in [0.05, 0.1) is 6.26 Å². The Kier molecular flexibility index (Phi) is 5.55. The summed E-state index contributed by atoms with van der Waals surface area (Å²) in [5.74, 6) is -0.131. The zero-order valence-corrected chi connectivity index (χ0v) is 13.7. The lowest BCUT2D eigenvalue weighted by Crippen LogP contribution is -2.50. The summed E-state index contributed by atoms with van der Waals surface area (Å²) < 4.78 is 30.6. The number of sulfonamides is 1. The van der Waals surface area contributed by atoms with Gasteiger partial charge in [0.15, 0.2) is 6.10 Å². The zero-order chi connectivity index (χ0) is 16.2. The maximum atomic E-state index is 12.7. The van der Waals surface area contributed by atoms with Gasteiger partial charge in [-0.3, -0.25) is 4.79 Å². The van der Waals surface area contributed by atoms with Crippen molar-refractivity contribution in [3.05, 3.63) is 35.9 Å². The van der Waals surface area contributed by atoms with Crippen LogP contribution in [0.4, 0.5) is 0 Å². The first-order valence-corrected chi connectivity index (χ1v) is 9.13. The van der Waals surface area contributed by atoms with Crippen molar-refractivity contribution in [2.45, 2.75) is 25.0 Å². The Morgan fingerprint density at radius 3 is 2.64 bits per heavy atom. The summed E-state index contributed by atoms with van der Waals surface area (Å²) in [4.78, 5) is 14.3. The highest BCUT2D eigenvalue weighted by atomic mass is 32.2. The molecule has 0 saturated carbocycles. The first-order valence-electron chi connectivity index (χ1n) is 7.24. The normalized spacial score (nSPS) is 20.6. The van der Waals surface area contributed by atoms with Crippen LogP contribution in [-0.4, -0.2) is 51.7 Å². The van der Waals surface area contributed by atoms with Crippen LogP contribution in [0.25, 0.3) is 0 Å². The van der Waals surface area contributed by atoms with Crippen molar-refractivity contribution in [3.63, 3.8) is 0 Å². The van der Waals surface area contributed by atoms with Crippen LogP contribution in [0.1, 0.15) is 24.5 Å². The summed E-state index contributed by atoms with van der Waals surface area (Å²) in [5, 5.41) is 0. The largest absolute Gasteiger partial charge is 0.367 e. The summed E-state index contributed by atoms with van der Waals surface area (Å²) in [6.45, 7) is 0.992. The third-order valence-electron chi connectivity index (χ3n) is 3.68. The van der Waals surface area contributed by atoms with E-state index in [2.05, 4.69) is 4.72 Å². The number of hydrogen-bond donors (Lipinski definition) is 1. The van der Waals surface area contributed by atoms with E-state index in [9.17, 15) is 13.2 Å². The number of hydrogen-bond acceptors (Lipinski definition) is 4. The topological polar surface area (TPSA) is 75.7 Å². The fourth-order valence-electron chi connectivity index (χ4n) is 2.75. The predicted octanol–water partition coefficient (Wildman–Crippen LogP) is 0.914. The van der Waals surface area contributed by atoms with Crippen LogP contribution in [0, 0.1) is 0 Å². The molecular formula is C15H22N2O4S. The fraction of sp³-hybridized carbons (Fsp3) is 0.533. The van der Waals surface area contributed by atoms with E-state index in [0.29, 0.717) is 13.1 Å². The number of amides is 1. The SMILES string of the molecule is CO[C@@H](C(=O)N1CCC[C@@H](NS(C)(=O)=O)C1)c1ccccc1. The third-order valence-corrected chi connectivity index (χ3v) is 4.44. The molecule has 1 aromatic rings. The molecule has 0 spiro atoms. The number of piperidine rings is 1. The van der Waals surface area contributed by atoms with E-state index < -0.39 is 16.1 Å². The van der Waals surface area contributed by atoms with E-state index in [1.807, 2.05) is 30.3 Å². The highest BCUT2D eigenvalue weighted by Crippen LogP contribution is 2.22. The van der Waals surface area contributed by atoms with Crippen molar-refractivity contribution in [3.8, 4) is 0 Å². The molecule has 7 heteroatoms. The minimum Gasteiger partial charge on any atom is -0.367 e. The summed E-state index contributed by atoms with van der Waals surface area (Å²) in [6, 6.07) is 9.07. The van der Waals surface area contributed by atoms with Crippen molar-refractivity contribution in [2.24, 2.45) is 0 Å². The molecule has 0 aliphatic carbocycles. The van der Waals surface area contributed by atoms with Crippen molar-refractivity contribution in [1.29, 1.82) is 0 Å². The highest BCUT2D eigenvalue weighted by molar-refractivity contribution is 7.88. The minimum absolute atomic E-state index is 0.131. The second-order valence-electron chi connectivity index (χ2n) is 5.54. The summed E-state index contributed by atoms with van der Waals surface area (Å²) >= 11 is 0. The summed E-state index contributed by atoms with van der Waals surface area (Å²) in [7, 11) is -1.76. The second kappa shape index (κ2) is 7.21. The molecule has 2 rings (SSSR count). The van der Waals surface area contributed by atoms with Crippen LogP contribution in [0.2, 0.25) is 0 Å². The van der Waals surface area contributed by atoms with Gasteiger partial charge in [-0.25, -0.2) is 13.1 Å². The smallest absolute Gasteiger partial charge is 0.256 e. The van der Waals surface area contributed by atoms with Gasteiger partial charge in [-0.15, -0.1) is 0 Å². The first-order chi connectivity index (χ1) is 10.4. The number of carbonyl (C=O) groups is 1. The molecule has 6 nitrogen and oxygen atoms in total. The first kappa shape index (κ1) is 16.9. The monoisotopic (exact) mass is 326 g/mol. The number of ether oxygens (including phenoxy) is 1. The lowest BCUT2D eigenvalue weighted by molar-refractivity contribution is -0.143. The molecule has 1 fully saturated rings. The van der Waals surface area contributed by atoms with Gasteiger partial charge in [0, 0.05) is 26.2 Å². The molecule has 1 amide bonds. The van der Waals surface area contributed by atoms with Crippen molar-refractivity contribution < 1.29 is 17.9 Å². The summed E-state index contributed by atoms with van der Waals surface area (Å²) in [6.07, 6.45) is 1.98. The molecule has 1 aliphatic rings. The van der Waals surface area contributed by atoms with E-state index in [1.54, 1.807) is 4.90 Å². The average Bonchev–Trinajstić information content (AvgIpc) is 2.47. The van der Waals surface area contributed by atoms with Crippen molar-refractivity contribution in [2.75, 3.05) is 26.5 Å². The highest BCUT2D eigenvalue weighted by Gasteiger charge is 2.30. The van der Waals surface area contributed by atoms with Crippen LogP contribution in [0.15, 0.2) is 30.3 Å². The molecule has 1 saturated heterocycles. The Bertz CT molecular complexity index is 603. The lowest BCUT2D eigenvalue weighted by Gasteiger charge is -2.34. The fourth-order valence-corrected chi connectivity index (χ4v) is 3.55. The molecule has 0 bridgehead atoms. The number of benzene rings is 1. The summed E-state index contributed by atoms with van der Waals surface area (Å²) in [5.41, 5.74) is 0.799. The van der Waals surface area contributed by atoms with E-state index >= 15 is 0 Å². The molecule has 1 aromatic carbocycles. The molecular weight excluding hydrogens is 304 g/mol. The third kappa shape index (κ3) is 4.53. The molecule has 1 aliphatic heterocycles. The number of nitrogens with zero attached hydrogens (tertiary/aromatic N) is 1. The van der Waals surface area contributed by atoms with E-state index in [4.69, 9.17) is 4.74 Å². The number of nitrogens with one attached hydrogen (secondary N) is 1. The Morgan fingerprint density at radius 2 is 2.05 bits per heavy atom. The quantitative estimate of drug-likeness (QED) is 0.873. The van der Waals surface area contributed by atoms with E-state index in [-0.39, 0.29) is 11.9 Å². The maximum absolute atomic E-state index is 12.7. The molecule has 0 unspecified atom stereocenters. The molecule has 0 aromatic heterocycles. The maximum Gasteiger partial charge on any atom is 0.256 e. The molecule has 0 radical (unpaired) electrons. The predicted molar refractivity (Wildman–Crippen MR) is 83.8 cm³/mol. The van der Waals surface area contributed by atoms with Crippen molar-refractivity contribution in [1.82, 2.24) is 9.62 Å². The number of likely N-dealkylation sites (tertiary alicyclic amines) is 1. The minimum atomic E-state index is -3.27. The Morgan fingerprint density at radius 1 is 1.36 bits per heavy atom. The Hall–Kier alpha value is -1.44. The van der Waals surface area contributed by atoms with Gasteiger partial charge in [-0.1, -0.05) is 30.3 Å². The van der Waals surface area contributed by atoms with Crippen LogP contribution in [-0.2, 0) is 19.6 Å². The number of rotatable bonds is 5. The molecule has 1 heterocycles. The van der Waals surface area contributed by atoms with Gasteiger partial charge >= 0.3 is 0 Å². The number of methoxy groups -OCH3 is 1. The molecule has 122 valence electrons. The van der Waals surface area contributed by atoms with Gasteiger partial charge in [0.1, 0.15) is 0 Å². The van der Waals surface area contributed by atoms with Gasteiger partial charge < -0.3 is 9.64 Å². The molecule has 22 heavy (non-hydrogen) atoms. The second-order valence-corrected chi connectivity index (χ2v) is 7.32. The standard InChI is InChI=1S/C15H22N2O4S/c1-21-14(12-7-4-3-5-8-12)15(18)17-10-6-9-13(11-17)16-22(2,19)20/h3-5,7-8,13-14,16H,6,9-11H2,1-2H3/t13-,14-/m1/s1. The van der Waals surface area contributed by atoms with Gasteiger partial charge in [-0.05, 0) is 18.4 Å². The Labute approximate surface area is 131 Å². The van der Waals surface area contributed by atoms with E-state index in [0.717, 1.165) is 24.7 Å². The molecule has 1 N–H and O–H groups in total. The number of carbonyl (C=O) groups excluding carboxylic acids is 1. The van der Waals surface area contributed by atoms with Crippen LogP contribution >= 0.6 is 0 Å². The zero-order valence-electron chi connectivity index (χ0n) is 12.9. The van der Waals surface area contributed by atoms with Gasteiger partial charge in [0.2, 0.25) is 10.0 Å². The average molecular weight is 326 g/mol. The van der Waals surface area contributed by atoms with Crippen LogP contribution in [0.5, 0.6) is 0 Å². The van der Waals surface area contributed by atoms with Crippen LogP contribution < -0.4 is 4.72 Å². The molecule has 2 atom stereocenters. The van der Waals surface area contributed by atoms with Gasteiger partial charge in [-0.2, -0.15) is 0 Å². The lowest BCUT2D eigenvalue weighted by atomic mass is 10.0. The van der Waals surface area contributed by atoms with Gasteiger partial charge in [0.25, 0.3) is 5.91 Å². The van der Waals surface area contributed by atoms with Crippen LogP contribution in [0.3, 0.4) is 0 Å². The van der Waals surface area contributed by atoms with Crippen molar-refractivity contribution >= 4 is 15.9 Å². The van der Waals surface area contributed by atoms with E-state index in [1.165, 1.54) is 7.11 Å². The Balaban J connectivity index is 2.07.